The molecule has 0 amide bonds. The van der Waals surface area contributed by atoms with E-state index in [4.69, 9.17) is 11.6 Å². The number of piperazine rings is 1. The van der Waals surface area contributed by atoms with Gasteiger partial charge in [-0.25, -0.2) is 4.98 Å². The Morgan fingerprint density at radius 2 is 2.29 bits per heavy atom. The fraction of sp³-hybridized carbons (Fsp3) is 0.667. The highest BCUT2D eigenvalue weighted by Gasteiger charge is 2.09. The van der Waals surface area contributed by atoms with Crippen LogP contribution < -0.4 is 5.32 Å². The minimum absolute atomic E-state index is 0.653. The zero-order chi connectivity index (χ0) is 9.80. The largest absolute Gasteiger partial charge is 0.314 e. The van der Waals surface area contributed by atoms with Gasteiger partial charge in [0.05, 0.1) is 0 Å². The van der Waals surface area contributed by atoms with E-state index in [1.807, 2.05) is 6.20 Å². The van der Waals surface area contributed by atoms with Gasteiger partial charge in [-0.3, -0.25) is 0 Å². The van der Waals surface area contributed by atoms with Crippen LogP contribution in [0.5, 0.6) is 0 Å². The molecule has 0 aromatic carbocycles. The molecule has 3 nitrogen and oxygen atoms in total. The van der Waals surface area contributed by atoms with Crippen LogP contribution in [0.25, 0.3) is 0 Å². The van der Waals surface area contributed by atoms with E-state index in [2.05, 4.69) is 15.2 Å². The van der Waals surface area contributed by atoms with Crippen LogP contribution in [0.1, 0.15) is 4.88 Å². The second-order valence-electron chi connectivity index (χ2n) is 3.42. The molecule has 0 spiro atoms. The third-order valence-corrected chi connectivity index (χ3v) is 3.58. The van der Waals surface area contributed by atoms with Crippen molar-refractivity contribution in [3.05, 3.63) is 15.5 Å². The van der Waals surface area contributed by atoms with Gasteiger partial charge in [-0.15, -0.1) is 11.3 Å². The molecule has 1 aromatic heterocycles. The van der Waals surface area contributed by atoms with Crippen molar-refractivity contribution >= 4 is 22.9 Å². The number of rotatable bonds is 3. The van der Waals surface area contributed by atoms with Gasteiger partial charge >= 0.3 is 0 Å². The lowest BCUT2D eigenvalue weighted by Gasteiger charge is -2.26. The summed E-state index contributed by atoms with van der Waals surface area (Å²) in [6.45, 7) is 5.67. The highest BCUT2D eigenvalue weighted by atomic mass is 35.5. The lowest BCUT2D eigenvalue weighted by molar-refractivity contribution is 0.244. The van der Waals surface area contributed by atoms with Gasteiger partial charge < -0.3 is 10.2 Å². The summed E-state index contributed by atoms with van der Waals surface area (Å²) in [5.41, 5.74) is 0. The minimum Gasteiger partial charge on any atom is -0.314 e. The molecule has 1 aliphatic rings. The molecule has 2 rings (SSSR count). The summed E-state index contributed by atoms with van der Waals surface area (Å²) in [4.78, 5) is 7.80. The quantitative estimate of drug-likeness (QED) is 0.849. The Hall–Kier alpha value is -0.160. The first-order chi connectivity index (χ1) is 6.84. The molecule has 14 heavy (non-hydrogen) atoms. The lowest BCUT2D eigenvalue weighted by atomic mass is 10.3. The molecule has 0 radical (unpaired) electrons. The second-order valence-corrected chi connectivity index (χ2v) is 5.12. The van der Waals surface area contributed by atoms with Crippen molar-refractivity contribution in [3.63, 3.8) is 0 Å². The van der Waals surface area contributed by atoms with Gasteiger partial charge in [0.15, 0.2) is 4.47 Å². The van der Waals surface area contributed by atoms with Crippen molar-refractivity contribution < 1.29 is 0 Å². The van der Waals surface area contributed by atoms with Crippen LogP contribution in [0.2, 0.25) is 4.47 Å². The normalized spacial score (nSPS) is 18.6. The maximum Gasteiger partial charge on any atom is 0.183 e. The Morgan fingerprint density at radius 1 is 1.50 bits per heavy atom. The van der Waals surface area contributed by atoms with Crippen molar-refractivity contribution in [1.82, 2.24) is 15.2 Å². The number of halogens is 1. The highest BCUT2D eigenvalue weighted by molar-refractivity contribution is 7.15. The summed E-state index contributed by atoms with van der Waals surface area (Å²) in [5, 5.41) is 3.34. The molecule has 5 heteroatoms. The molecule has 0 atom stereocenters. The van der Waals surface area contributed by atoms with E-state index in [-0.39, 0.29) is 0 Å². The zero-order valence-corrected chi connectivity index (χ0v) is 9.57. The van der Waals surface area contributed by atoms with Crippen molar-refractivity contribution in [2.24, 2.45) is 0 Å². The summed E-state index contributed by atoms with van der Waals surface area (Å²) in [5.74, 6) is 0. The van der Waals surface area contributed by atoms with Crippen LogP contribution in [0.4, 0.5) is 0 Å². The Balaban J connectivity index is 1.76. The smallest absolute Gasteiger partial charge is 0.183 e. The van der Waals surface area contributed by atoms with E-state index in [1.54, 1.807) is 11.3 Å². The molecule has 0 unspecified atom stereocenters. The third kappa shape index (κ3) is 2.92. The summed E-state index contributed by atoms with van der Waals surface area (Å²) in [7, 11) is 0. The molecule has 78 valence electrons. The van der Waals surface area contributed by atoms with Gasteiger partial charge in [-0.2, -0.15) is 0 Å². The van der Waals surface area contributed by atoms with Gasteiger partial charge in [0.1, 0.15) is 0 Å². The Bertz CT molecular complexity index is 283. The first-order valence-electron chi connectivity index (χ1n) is 4.88. The molecule has 0 aliphatic carbocycles. The van der Waals surface area contributed by atoms with Crippen LogP contribution in [-0.4, -0.2) is 42.6 Å². The highest BCUT2D eigenvalue weighted by Crippen LogP contribution is 2.18. The van der Waals surface area contributed by atoms with E-state index in [9.17, 15) is 0 Å². The first kappa shape index (κ1) is 10.4. The van der Waals surface area contributed by atoms with E-state index >= 15 is 0 Å². The van der Waals surface area contributed by atoms with Gasteiger partial charge in [-0.05, 0) is 6.42 Å². The Morgan fingerprint density at radius 3 is 2.93 bits per heavy atom. The van der Waals surface area contributed by atoms with Crippen molar-refractivity contribution in [2.75, 3.05) is 32.7 Å². The lowest BCUT2D eigenvalue weighted by Crippen LogP contribution is -2.44. The topological polar surface area (TPSA) is 28.2 Å². The number of nitrogens with zero attached hydrogens (tertiary/aromatic N) is 2. The minimum atomic E-state index is 0.653. The molecular formula is C9H14ClN3S. The van der Waals surface area contributed by atoms with E-state index < -0.39 is 0 Å². The van der Waals surface area contributed by atoms with Gasteiger partial charge in [-0.1, -0.05) is 11.6 Å². The maximum absolute atomic E-state index is 5.77. The fourth-order valence-electron chi connectivity index (χ4n) is 1.60. The average Bonchev–Trinajstić information content (AvgIpc) is 2.63. The van der Waals surface area contributed by atoms with Crippen LogP contribution in [0.3, 0.4) is 0 Å². The number of thiazole rings is 1. The van der Waals surface area contributed by atoms with Crippen LogP contribution >= 0.6 is 22.9 Å². The summed E-state index contributed by atoms with van der Waals surface area (Å²) < 4.78 is 0.653. The van der Waals surface area contributed by atoms with Gasteiger partial charge in [0, 0.05) is 43.8 Å². The standard InChI is InChI=1S/C9H14ClN3S/c10-9-12-7-8(14-9)1-4-13-5-2-11-3-6-13/h7,11H,1-6H2. The van der Waals surface area contributed by atoms with Crippen LogP contribution in [0.15, 0.2) is 6.20 Å². The molecule has 1 saturated heterocycles. The molecule has 1 aromatic rings. The molecule has 1 fully saturated rings. The maximum atomic E-state index is 5.77. The summed E-state index contributed by atoms with van der Waals surface area (Å²) >= 11 is 7.35. The van der Waals surface area contributed by atoms with E-state index in [0.29, 0.717) is 4.47 Å². The molecule has 0 saturated carbocycles. The molecule has 2 heterocycles. The Labute approximate surface area is 93.1 Å². The monoisotopic (exact) mass is 231 g/mol. The summed E-state index contributed by atoms with van der Waals surface area (Å²) in [6.07, 6.45) is 2.96. The predicted octanol–water partition coefficient (Wildman–Crippen LogP) is 1.24. The Kier molecular flexibility index (Phi) is 3.75. The summed E-state index contributed by atoms with van der Waals surface area (Å²) in [6, 6.07) is 0. The number of hydrogen-bond acceptors (Lipinski definition) is 4. The second kappa shape index (κ2) is 5.07. The van der Waals surface area contributed by atoms with E-state index in [0.717, 1.165) is 39.1 Å². The number of nitrogens with one attached hydrogen (secondary N) is 1. The number of aromatic nitrogens is 1. The molecule has 1 N–H and O–H groups in total. The average molecular weight is 232 g/mol. The zero-order valence-electron chi connectivity index (χ0n) is 8.00. The molecule has 0 bridgehead atoms. The van der Waals surface area contributed by atoms with Gasteiger partial charge in [0.25, 0.3) is 0 Å². The SMILES string of the molecule is Clc1ncc(CCN2CCNCC2)s1. The molecular weight excluding hydrogens is 218 g/mol. The van der Waals surface area contributed by atoms with Crippen molar-refractivity contribution in [3.8, 4) is 0 Å². The third-order valence-electron chi connectivity index (χ3n) is 2.41. The van der Waals surface area contributed by atoms with Crippen molar-refractivity contribution in [1.29, 1.82) is 0 Å². The van der Waals surface area contributed by atoms with Crippen LogP contribution in [0, 0.1) is 0 Å². The fourth-order valence-corrected chi connectivity index (χ4v) is 2.57. The van der Waals surface area contributed by atoms with Crippen molar-refractivity contribution in [2.45, 2.75) is 6.42 Å². The predicted molar refractivity (Wildman–Crippen MR) is 60.1 cm³/mol. The molecule has 1 aliphatic heterocycles. The first-order valence-corrected chi connectivity index (χ1v) is 6.07. The number of hydrogen-bond donors (Lipinski definition) is 1. The van der Waals surface area contributed by atoms with Crippen LogP contribution in [-0.2, 0) is 6.42 Å². The van der Waals surface area contributed by atoms with Gasteiger partial charge in [0.2, 0.25) is 0 Å². The van der Waals surface area contributed by atoms with E-state index in [1.165, 1.54) is 4.88 Å².